The first kappa shape index (κ1) is 18.6. The lowest BCUT2D eigenvalue weighted by molar-refractivity contribution is 0.122. The smallest absolute Gasteiger partial charge is 0.229 e. The van der Waals surface area contributed by atoms with Gasteiger partial charge in [-0.05, 0) is 19.1 Å². The second kappa shape index (κ2) is 8.12. The number of aliphatic hydroxyl groups is 1. The van der Waals surface area contributed by atoms with Crippen LogP contribution >= 0.6 is 0 Å². The number of anilines is 2. The number of hydrogen-bond donors (Lipinski definition) is 2. The number of aliphatic hydroxyl groups excluding tert-OH is 1. The number of nitrogens with one attached hydrogen (secondary N) is 1. The Kier molecular flexibility index (Phi) is 5.40. The van der Waals surface area contributed by atoms with Gasteiger partial charge in [0.2, 0.25) is 5.95 Å². The van der Waals surface area contributed by atoms with Crippen molar-refractivity contribution in [2.75, 3.05) is 49.3 Å². The molecule has 0 amide bonds. The van der Waals surface area contributed by atoms with Crippen LogP contribution in [0.5, 0.6) is 0 Å². The highest BCUT2D eigenvalue weighted by Gasteiger charge is 2.21. The number of morpholine rings is 1. The lowest BCUT2D eigenvalue weighted by Gasteiger charge is -2.29. The van der Waals surface area contributed by atoms with Crippen molar-refractivity contribution in [3.05, 3.63) is 47.4 Å². The number of aromatic amines is 1. The maximum Gasteiger partial charge on any atom is 0.229 e. The average Bonchev–Trinajstić information content (AvgIpc) is 3.09. The molecule has 2 aromatic heterocycles. The molecular formula is C20H24FN5O2. The SMILES string of the molecule is Cc1cc2c(N(CCO)Cc3ccccc3F)nc(N3CCOCC3)nc2[nH]1. The molecule has 0 atom stereocenters. The number of ether oxygens (including phenoxy) is 1. The molecule has 0 aliphatic carbocycles. The lowest BCUT2D eigenvalue weighted by atomic mass is 10.2. The summed E-state index contributed by atoms with van der Waals surface area (Å²) in [6, 6.07) is 8.67. The van der Waals surface area contributed by atoms with Crippen LogP contribution in [-0.4, -0.2) is 59.5 Å². The molecule has 1 aliphatic rings. The van der Waals surface area contributed by atoms with Gasteiger partial charge in [-0.2, -0.15) is 9.97 Å². The van der Waals surface area contributed by atoms with E-state index in [1.54, 1.807) is 12.1 Å². The Hall–Kier alpha value is -2.71. The highest BCUT2D eigenvalue weighted by Crippen LogP contribution is 2.29. The topological polar surface area (TPSA) is 77.5 Å². The molecule has 7 nitrogen and oxygen atoms in total. The van der Waals surface area contributed by atoms with Crippen LogP contribution in [0.2, 0.25) is 0 Å². The summed E-state index contributed by atoms with van der Waals surface area (Å²) in [6.45, 7) is 5.27. The summed E-state index contributed by atoms with van der Waals surface area (Å²) in [5.41, 5.74) is 2.27. The molecule has 8 heteroatoms. The predicted molar refractivity (Wildman–Crippen MR) is 106 cm³/mol. The number of rotatable bonds is 6. The van der Waals surface area contributed by atoms with Crippen molar-refractivity contribution in [1.29, 1.82) is 0 Å². The molecule has 148 valence electrons. The number of benzene rings is 1. The fourth-order valence-electron chi connectivity index (χ4n) is 3.47. The Balaban J connectivity index is 1.77. The van der Waals surface area contributed by atoms with Gasteiger partial charge in [-0.3, -0.25) is 0 Å². The molecule has 3 aromatic rings. The third-order valence-corrected chi connectivity index (χ3v) is 4.87. The minimum Gasteiger partial charge on any atom is -0.395 e. The predicted octanol–water partition coefficient (Wildman–Crippen LogP) is 2.24. The van der Waals surface area contributed by atoms with Crippen molar-refractivity contribution < 1.29 is 14.2 Å². The Morgan fingerprint density at radius 1 is 1.25 bits per heavy atom. The van der Waals surface area contributed by atoms with Crippen molar-refractivity contribution in [2.24, 2.45) is 0 Å². The summed E-state index contributed by atoms with van der Waals surface area (Å²) in [5.74, 6) is 1.03. The van der Waals surface area contributed by atoms with Crippen LogP contribution in [0.3, 0.4) is 0 Å². The van der Waals surface area contributed by atoms with E-state index in [9.17, 15) is 9.50 Å². The van der Waals surface area contributed by atoms with Crippen LogP contribution in [0.4, 0.5) is 16.2 Å². The molecule has 1 fully saturated rings. The van der Waals surface area contributed by atoms with Gasteiger partial charge in [0.05, 0.1) is 25.2 Å². The fourth-order valence-corrected chi connectivity index (χ4v) is 3.47. The third kappa shape index (κ3) is 3.79. The van der Waals surface area contributed by atoms with E-state index in [4.69, 9.17) is 9.72 Å². The first-order chi connectivity index (χ1) is 13.7. The van der Waals surface area contributed by atoms with Gasteiger partial charge in [0.15, 0.2) is 0 Å². The average molecular weight is 385 g/mol. The van der Waals surface area contributed by atoms with E-state index in [1.807, 2.05) is 24.0 Å². The second-order valence-corrected chi connectivity index (χ2v) is 6.90. The molecule has 28 heavy (non-hydrogen) atoms. The molecule has 0 bridgehead atoms. The zero-order chi connectivity index (χ0) is 19.5. The van der Waals surface area contributed by atoms with E-state index in [-0.39, 0.29) is 12.4 Å². The molecule has 0 unspecified atom stereocenters. The number of halogens is 1. The molecule has 2 N–H and O–H groups in total. The summed E-state index contributed by atoms with van der Waals surface area (Å²) in [7, 11) is 0. The van der Waals surface area contributed by atoms with Crippen LogP contribution in [-0.2, 0) is 11.3 Å². The summed E-state index contributed by atoms with van der Waals surface area (Å²) in [4.78, 5) is 16.8. The largest absolute Gasteiger partial charge is 0.395 e. The van der Waals surface area contributed by atoms with E-state index >= 15 is 0 Å². The molecule has 1 saturated heterocycles. The number of nitrogens with zero attached hydrogens (tertiary/aromatic N) is 4. The number of hydrogen-bond acceptors (Lipinski definition) is 6. The Morgan fingerprint density at radius 2 is 2.04 bits per heavy atom. The standard InChI is InChI=1S/C20H24FN5O2/c1-14-12-16-18(22-14)23-20(25-7-10-28-11-8-25)24-19(16)26(6-9-27)13-15-4-2-3-5-17(15)21/h2-5,12,27H,6-11,13H2,1H3,(H,22,23,24). The second-order valence-electron chi connectivity index (χ2n) is 6.90. The number of fused-ring (bicyclic) bond motifs is 1. The summed E-state index contributed by atoms with van der Waals surface area (Å²) < 4.78 is 19.7. The van der Waals surface area contributed by atoms with Crippen molar-refractivity contribution >= 4 is 22.8 Å². The van der Waals surface area contributed by atoms with E-state index in [0.29, 0.717) is 43.6 Å². The highest BCUT2D eigenvalue weighted by atomic mass is 19.1. The Morgan fingerprint density at radius 3 is 2.79 bits per heavy atom. The van der Waals surface area contributed by atoms with Crippen LogP contribution in [0.1, 0.15) is 11.3 Å². The van der Waals surface area contributed by atoms with Gasteiger partial charge in [0.1, 0.15) is 17.3 Å². The van der Waals surface area contributed by atoms with E-state index < -0.39 is 0 Å². The van der Waals surface area contributed by atoms with E-state index in [2.05, 4.69) is 14.9 Å². The van der Waals surface area contributed by atoms with Gasteiger partial charge in [-0.1, -0.05) is 18.2 Å². The van der Waals surface area contributed by atoms with Gasteiger partial charge in [-0.25, -0.2) is 4.39 Å². The van der Waals surface area contributed by atoms with Crippen LogP contribution in [0.15, 0.2) is 30.3 Å². The number of aryl methyl sites for hydroxylation is 1. The van der Waals surface area contributed by atoms with Crippen LogP contribution < -0.4 is 9.80 Å². The zero-order valence-corrected chi connectivity index (χ0v) is 15.9. The maximum atomic E-state index is 14.2. The summed E-state index contributed by atoms with van der Waals surface area (Å²) in [6.07, 6.45) is 0. The van der Waals surface area contributed by atoms with Gasteiger partial charge >= 0.3 is 0 Å². The van der Waals surface area contributed by atoms with E-state index in [1.165, 1.54) is 6.07 Å². The van der Waals surface area contributed by atoms with Crippen molar-refractivity contribution in [2.45, 2.75) is 13.5 Å². The van der Waals surface area contributed by atoms with Gasteiger partial charge in [0, 0.05) is 37.4 Å². The Labute approximate surface area is 162 Å². The summed E-state index contributed by atoms with van der Waals surface area (Å²) >= 11 is 0. The fraction of sp³-hybridized carbons (Fsp3) is 0.400. The normalized spacial score (nSPS) is 14.6. The third-order valence-electron chi connectivity index (χ3n) is 4.87. The van der Waals surface area contributed by atoms with Crippen molar-refractivity contribution in [3.63, 3.8) is 0 Å². The van der Waals surface area contributed by atoms with Crippen LogP contribution in [0.25, 0.3) is 11.0 Å². The van der Waals surface area contributed by atoms with Crippen LogP contribution in [0, 0.1) is 12.7 Å². The lowest BCUT2D eigenvalue weighted by Crippen LogP contribution is -2.38. The van der Waals surface area contributed by atoms with Gasteiger partial charge in [-0.15, -0.1) is 0 Å². The van der Waals surface area contributed by atoms with Gasteiger partial charge in [0.25, 0.3) is 0 Å². The highest BCUT2D eigenvalue weighted by molar-refractivity contribution is 5.89. The Bertz CT molecular complexity index is 955. The minimum absolute atomic E-state index is 0.0593. The number of aromatic nitrogens is 3. The molecule has 1 aromatic carbocycles. The maximum absolute atomic E-state index is 14.2. The minimum atomic E-state index is -0.269. The quantitative estimate of drug-likeness (QED) is 0.678. The molecule has 3 heterocycles. The molecule has 0 saturated carbocycles. The molecule has 1 aliphatic heterocycles. The van der Waals surface area contributed by atoms with Crippen molar-refractivity contribution in [3.8, 4) is 0 Å². The number of H-pyrrole nitrogens is 1. The molecule has 0 spiro atoms. The van der Waals surface area contributed by atoms with Gasteiger partial charge < -0.3 is 24.6 Å². The monoisotopic (exact) mass is 385 g/mol. The first-order valence-corrected chi connectivity index (χ1v) is 9.45. The van der Waals surface area contributed by atoms with Crippen molar-refractivity contribution in [1.82, 2.24) is 15.0 Å². The molecule has 0 radical (unpaired) electrons. The summed E-state index contributed by atoms with van der Waals surface area (Å²) in [5, 5.41) is 10.5. The van der Waals surface area contributed by atoms with E-state index in [0.717, 1.165) is 29.8 Å². The first-order valence-electron chi connectivity index (χ1n) is 9.45. The zero-order valence-electron chi connectivity index (χ0n) is 15.9. The molecular weight excluding hydrogens is 361 g/mol. The molecule has 4 rings (SSSR count).